The number of hydrogen-bond acceptors (Lipinski definition) is 4. The molecule has 0 bridgehead atoms. The Balaban J connectivity index is 2.06. The predicted molar refractivity (Wildman–Crippen MR) is 65.6 cm³/mol. The van der Waals surface area contributed by atoms with Gasteiger partial charge in [0.05, 0.1) is 6.42 Å². The number of nitrogens with zero attached hydrogens (tertiary/aromatic N) is 1. The molecular weight excluding hydrogens is 230 g/mol. The van der Waals surface area contributed by atoms with E-state index in [2.05, 4.69) is 5.32 Å². The van der Waals surface area contributed by atoms with E-state index < -0.39 is 0 Å². The van der Waals surface area contributed by atoms with Crippen LogP contribution in [0.2, 0.25) is 0 Å². The molecule has 1 amide bonds. The lowest BCUT2D eigenvalue weighted by Gasteiger charge is -2.01. The molecular formula is C13H9N3O2. The molecule has 0 aliphatic carbocycles. The molecule has 0 unspecified atom stereocenters. The molecule has 1 aliphatic heterocycles. The van der Waals surface area contributed by atoms with Crippen molar-refractivity contribution < 1.29 is 9.21 Å². The first-order valence-corrected chi connectivity index (χ1v) is 5.40. The van der Waals surface area contributed by atoms with Gasteiger partial charge in [-0.3, -0.25) is 4.79 Å². The number of nitrogens with one attached hydrogen (secondary N) is 1. The SMILES string of the molecule is N#Cc1cc(-c2ccc3c(c2)CC(=O)N3)oc1N. The number of fused-ring (bicyclic) bond motifs is 1. The summed E-state index contributed by atoms with van der Waals surface area (Å²) in [6.45, 7) is 0. The van der Waals surface area contributed by atoms with Gasteiger partial charge in [-0.2, -0.15) is 5.26 Å². The highest BCUT2D eigenvalue weighted by atomic mass is 16.4. The molecule has 3 N–H and O–H groups in total. The van der Waals surface area contributed by atoms with Gasteiger partial charge in [0, 0.05) is 17.3 Å². The Labute approximate surface area is 103 Å². The molecule has 3 rings (SSSR count). The first-order valence-electron chi connectivity index (χ1n) is 5.40. The monoisotopic (exact) mass is 239 g/mol. The third-order valence-corrected chi connectivity index (χ3v) is 2.90. The van der Waals surface area contributed by atoms with E-state index in [0.717, 1.165) is 16.8 Å². The molecule has 0 spiro atoms. The molecule has 0 radical (unpaired) electrons. The molecule has 0 fully saturated rings. The summed E-state index contributed by atoms with van der Waals surface area (Å²) >= 11 is 0. The number of carbonyl (C=O) groups is 1. The summed E-state index contributed by atoms with van der Waals surface area (Å²) in [5.41, 5.74) is 8.44. The fourth-order valence-electron chi connectivity index (χ4n) is 2.02. The van der Waals surface area contributed by atoms with E-state index in [4.69, 9.17) is 15.4 Å². The maximum Gasteiger partial charge on any atom is 0.228 e. The van der Waals surface area contributed by atoms with E-state index in [9.17, 15) is 4.79 Å². The van der Waals surface area contributed by atoms with Crippen LogP contribution >= 0.6 is 0 Å². The number of nitrogen functional groups attached to an aromatic ring is 1. The first kappa shape index (κ1) is 10.4. The number of nitriles is 1. The molecule has 18 heavy (non-hydrogen) atoms. The summed E-state index contributed by atoms with van der Waals surface area (Å²) in [5.74, 6) is 0.632. The standard InChI is InChI=1S/C13H9N3O2/c14-6-9-4-11(18-13(9)15)7-1-2-10-8(3-7)5-12(17)16-10/h1-4H,5,15H2,(H,16,17). The Kier molecular flexibility index (Phi) is 2.10. The second-order valence-electron chi connectivity index (χ2n) is 4.10. The summed E-state index contributed by atoms with van der Waals surface area (Å²) in [6, 6.07) is 9.07. The lowest BCUT2D eigenvalue weighted by Crippen LogP contribution is -2.03. The number of amides is 1. The van der Waals surface area contributed by atoms with Crippen LogP contribution in [0.1, 0.15) is 11.1 Å². The van der Waals surface area contributed by atoms with Crippen LogP contribution in [0.3, 0.4) is 0 Å². The van der Waals surface area contributed by atoms with Gasteiger partial charge < -0.3 is 15.5 Å². The van der Waals surface area contributed by atoms with Crippen molar-refractivity contribution in [2.24, 2.45) is 0 Å². The molecule has 5 nitrogen and oxygen atoms in total. The van der Waals surface area contributed by atoms with Gasteiger partial charge in [0.25, 0.3) is 0 Å². The van der Waals surface area contributed by atoms with Crippen molar-refractivity contribution in [1.29, 1.82) is 5.26 Å². The van der Waals surface area contributed by atoms with E-state index in [-0.39, 0.29) is 11.8 Å². The minimum Gasteiger partial charge on any atom is -0.440 e. The van der Waals surface area contributed by atoms with Gasteiger partial charge in [0.15, 0.2) is 0 Å². The fraction of sp³-hybridized carbons (Fsp3) is 0.0769. The number of furan rings is 1. The third-order valence-electron chi connectivity index (χ3n) is 2.90. The minimum atomic E-state index is -0.0150. The van der Waals surface area contributed by atoms with Crippen LogP contribution < -0.4 is 11.1 Å². The summed E-state index contributed by atoms with van der Waals surface area (Å²) < 4.78 is 5.33. The summed E-state index contributed by atoms with van der Waals surface area (Å²) in [6.07, 6.45) is 0.366. The van der Waals surface area contributed by atoms with E-state index in [1.807, 2.05) is 24.3 Å². The quantitative estimate of drug-likeness (QED) is 0.794. The van der Waals surface area contributed by atoms with Crippen LogP contribution in [0.15, 0.2) is 28.7 Å². The normalized spacial score (nSPS) is 12.9. The smallest absolute Gasteiger partial charge is 0.228 e. The summed E-state index contributed by atoms with van der Waals surface area (Å²) in [4.78, 5) is 11.3. The zero-order valence-electron chi connectivity index (χ0n) is 9.36. The van der Waals surface area contributed by atoms with Crippen molar-refractivity contribution in [3.8, 4) is 17.4 Å². The average Bonchev–Trinajstić information content (AvgIpc) is 2.89. The van der Waals surface area contributed by atoms with Crippen LogP contribution in [0.25, 0.3) is 11.3 Å². The van der Waals surface area contributed by atoms with Gasteiger partial charge in [-0.25, -0.2) is 0 Å². The van der Waals surface area contributed by atoms with Crippen molar-refractivity contribution in [1.82, 2.24) is 0 Å². The summed E-state index contributed by atoms with van der Waals surface area (Å²) in [7, 11) is 0. The van der Waals surface area contributed by atoms with Crippen molar-refractivity contribution in [2.45, 2.75) is 6.42 Å². The minimum absolute atomic E-state index is 0.0150. The van der Waals surface area contributed by atoms with E-state index in [1.54, 1.807) is 6.07 Å². The first-order chi connectivity index (χ1) is 8.67. The molecule has 0 saturated carbocycles. The van der Waals surface area contributed by atoms with E-state index >= 15 is 0 Å². The van der Waals surface area contributed by atoms with Gasteiger partial charge in [-0.1, -0.05) is 0 Å². The largest absolute Gasteiger partial charge is 0.440 e. The Morgan fingerprint density at radius 1 is 1.39 bits per heavy atom. The highest BCUT2D eigenvalue weighted by Crippen LogP contribution is 2.31. The van der Waals surface area contributed by atoms with E-state index in [0.29, 0.717) is 17.7 Å². The molecule has 2 aromatic rings. The van der Waals surface area contributed by atoms with Crippen molar-refractivity contribution >= 4 is 17.5 Å². The zero-order valence-corrected chi connectivity index (χ0v) is 9.36. The predicted octanol–water partition coefficient (Wildman–Crippen LogP) is 1.90. The lowest BCUT2D eigenvalue weighted by atomic mass is 10.1. The number of anilines is 2. The molecule has 1 aromatic heterocycles. The van der Waals surface area contributed by atoms with Gasteiger partial charge in [0.1, 0.15) is 17.4 Å². The van der Waals surface area contributed by atoms with Crippen LogP contribution in [0, 0.1) is 11.3 Å². The number of benzene rings is 1. The highest BCUT2D eigenvalue weighted by Gasteiger charge is 2.19. The van der Waals surface area contributed by atoms with Gasteiger partial charge >= 0.3 is 0 Å². The van der Waals surface area contributed by atoms with Crippen molar-refractivity contribution in [2.75, 3.05) is 11.1 Å². The lowest BCUT2D eigenvalue weighted by molar-refractivity contribution is -0.115. The van der Waals surface area contributed by atoms with Crippen LogP contribution in [0.4, 0.5) is 11.6 Å². The third kappa shape index (κ3) is 1.52. The fourth-order valence-corrected chi connectivity index (χ4v) is 2.02. The number of rotatable bonds is 1. The van der Waals surface area contributed by atoms with Crippen LogP contribution in [-0.2, 0) is 11.2 Å². The van der Waals surface area contributed by atoms with Gasteiger partial charge in [-0.15, -0.1) is 0 Å². The second-order valence-corrected chi connectivity index (χ2v) is 4.10. The van der Waals surface area contributed by atoms with Gasteiger partial charge in [0.2, 0.25) is 11.8 Å². The Bertz CT molecular complexity index is 695. The average molecular weight is 239 g/mol. The second kappa shape index (κ2) is 3.64. The molecule has 1 aliphatic rings. The molecule has 0 atom stereocenters. The zero-order chi connectivity index (χ0) is 12.7. The number of nitrogens with two attached hydrogens (primary N) is 1. The number of carbonyl (C=O) groups excluding carboxylic acids is 1. The van der Waals surface area contributed by atoms with E-state index in [1.165, 1.54) is 0 Å². The van der Waals surface area contributed by atoms with Crippen LogP contribution in [0.5, 0.6) is 0 Å². The molecule has 2 heterocycles. The van der Waals surface area contributed by atoms with Crippen molar-refractivity contribution in [3.05, 3.63) is 35.4 Å². The Morgan fingerprint density at radius 3 is 2.94 bits per heavy atom. The summed E-state index contributed by atoms with van der Waals surface area (Å²) in [5, 5.41) is 11.6. The van der Waals surface area contributed by atoms with Crippen LogP contribution in [-0.4, -0.2) is 5.91 Å². The molecule has 5 heteroatoms. The number of hydrogen-bond donors (Lipinski definition) is 2. The highest BCUT2D eigenvalue weighted by molar-refractivity contribution is 5.99. The molecule has 88 valence electrons. The maximum atomic E-state index is 11.3. The van der Waals surface area contributed by atoms with Gasteiger partial charge in [-0.05, 0) is 23.8 Å². The molecule has 0 saturated heterocycles. The van der Waals surface area contributed by atoms with Crippen molar-refractivity contribution in [3.63, 3.8) is 0 Å². The topological polar surface area (TPSA) is 92.0 Å². The maximum absolute atomic E-state index is 11.3. The molecule has 1 aromatic carbocycles. The Hall–Kier alpha value is -2.74. The Morgan fingerprint density at radius 2 is 2.22 bits per heavy atom.